The molecule has 0 aliphatic carbocycles. The summed E-state index contributed by atoms with van der Waals surface area (Å²) in [6, 6.07) is -0.0204. The summed E-state index contributed by atoms with van der Waals surface area (Å²) in [5, 5.41) is 3.27. The molecule has 76 valence electrons. The van der Waals surface area contributed by atoms with Gasteiger partial charge in [0.15, 0.2) is 0 Å². The summed E-state index contributed by atoms with van der Waals surface area (Å²) in [5.74, 6) is -0.0553. The summed E-state index contributed by atoms with van der Waals surface area (Å²) in [6.45, 7) is 4.83. The van der Waals surface area contributed by atoms with Crippen LogP contribution < -0.4 is 5.09 Å². The lowest BCUT2D eigenvalue weighted by Gasteiger charge is -2.10. The molecule has 1 heterocycles. The fourth-order valence-electron chi connectivity index (χ4n) is 1.31. The Hall–Kier alpha value is -0.140. The summed E-state index contributed by atoms with van der Waals surface area (Å²) in [5.41, 5.74) is 0. The minimum Gasteiger partial charge on any atom is -0.465 e. The van der Waals surface area contributed by atoms with Crippen LogP contribution >= 0.6 is 8.07 Å². The van der Waals surface area contributed by atoms with Crippen molar-refractivity contribution in [2.45, 2.75) is 32.2 Å². The molecule has 1 aliphatic heterocycles. The van der Waals surface area contributed by atoms with E-state index in [1.807, 2.05) is 0 Å². The standard InChI is InChI=1S/C9H18NO2P/c1-3-4-6-12-9(11)8-5-7-13(2)10-8/h8,10H,3-7H2,1-2H3. The van der Waals surface area contributed by atoms with E-state index in [9.17, 15) is 4.79 Å². The first-order valence-corrected chi connectivity index (χ1v) is 6.85. The lowest BCUT2D eigenvalue weighted by atomic mass is 10.2. The van der Waals surface area contributed by atoms with Gasteiger partial charge in [0.2, 0.25) is 0 Å². The normalized spacial score (nSPS) is 27.5. The summed E-state index contributed by atoms with van der Waals surface area (Å²) < 4.78 is 5.12. The topological polar surface area (TPSA) is 38.3 Å². The summed E-state index contributed by atoms with van der Waals surface area (Å²) in [7, 11) is -0.106. The highest BCUT2D eigenvalue weighted by molar-refractivity contribution is 7.55. The zero-order valence-electron chi connectivity index (χ0n) is 8.38. The maximum atomic E-state index is 11.4. The van der Waals surface area contributed by atoms with Crippen LogP contribution in [-0.4, -0.2) is 31.4 Å². The Balaban J connectivity index is 2.16. The van der Waals surface area contributed by atoms with Crippen molar-refractivity contribution < 1.29 is 9.53 Å². The molecule has 0 bridgehead atoms. The predicted molar refractivity (Wildman–Crippen MR) is 55.1 cm³/mol. The van der Waals surface area contributed by atoms with Crippen molar-refractivity contribution in [3.05, 3.63) is 0 Å². The van der Waals surface area contributed by atoms with Gasteiger partial charge in [-0.05, 0) is 33.7 Å². The van der Waals surface area contributed by atoms with E-state index in [0.717, 1.165) is 25.4 Å². The molecular weight excluding hydrogens is 185 g/mol. The van der Waals surface area contributed by atoms with E-state index in [1.54, 1.807) is 0 Å². The van der Waals surface area contributed by atoms with Crippen molar-refractivity contribution in [1.29, 1.82) is 0 Å². The van der Waals surface area contributed by atoms with Gasteiger partial charge in [-0.15, -0.1) is 0 Å². The zero-order valence-corrected chi connectivity index (χ0v) is 9.27. The van der Waals surface area contributed by atoms with Crippen LogP contribution in [-0.2, 0) is 9.53 Å². The first kappa shape index (κ1) is 10.9. The van der Waals surface area contributed by atoms with Crippen LogP contribution in [0.5, 0.6) is 0 Å². The van der Waals surface area contributed by atoms with E-state index in [0.29, 0.717) is 6.61 Å². The SMILES string of the molecule is CCCCOC(=O)C1CCP(C)N1. The van der Waals surface area contributed by atoms with Gasteiger partial charge in [0, 0.05) is 0 Å². The molecule has 0 aromatic heterocycles. The van der Waals surface area contributed by atoms with Crippen LogP contribution in [0.3, 0.4) is 0 Å². The molecule has 3 nitrogen and oxygen atoms in total. The highest BCUT2D eigenvalue weighted by Crippen LogP contribution is 2.34. The molecule has 1 fully saturated rings. The Morgan fingerprint density at radius 2 is 2.46 bits per heavy atom. The highest BCUT2D eigenvalue weighted by atomic mass is 31.1. The van der Waals surface area contributed by atoms with E-state index in [-0.39, 0.29) is 20.1 Å². The Morgan fingerprint density at radius 3 is 3.00 bits per heavy atom. The van der Waals surface area contributed by atoms with Crippen molar-refractivity contribution in [3.8, 4) is 0 Å². The van der Waals surface area contributed by atoms with Gasteiger partial charge in [0.25, 0.3) is 0 Å². The first-order valence-electron chi connectivity index (χ1n) is 4.88. The maximum absolute atomic E-state index is 11.4. The van der Waals surface area contributed by atoms with Crippen molar-refractivity contribution >= 4 is 14.0 Å². The largest absolute Gasteiger partial charge is 0.465 e. The van der Waals surface area contributed by atoms with Gasteiger partial charge < -0.3 is 4.74 Å². The fourth-order valence-corrected chi connectivity index (χ4v) is 2.85. The number of carbonyl (C=O) groups is 1. The molecule has 0 aromatic rings. The summed E-state index contributed by atoms with van der Waals surface area (Å²) >= 11 is 0. The molecule has 1 aliphatic rings. The van der Waals surface area contributed by atoms with Crippen molar-refractivity contribution in [2.24, 2.45) is 0 Å². The van der Waals surface area contributed by atoms with Crippen LogP contribution in [0.2, 0.25) is 0 Å². The van der Waals surface area contributed by atoms with Gasteiger partial charge in [-0.1, -0.05) is 13.3 Å². The van der Waals surface area contributed by atoms with Crippen molar-refractivity contribution in [3.63, 3.8) is 0 Å². The quantitative estimate of drug-likeness (QED) is 0.429. The van der Waals surface area contributed by atoms with Gasteiger partial charge in [0.1, 0.15) is 6.04 Å². The predicted octanol–water partition coefficient (Wildman–Crippen LogP) is 1.72. The monoisotopic (exact) mass is 203 g/mol. The van der Waals surface area contributed by atoms with Crippen LogP contribution in [0.4, 0.5) is 0 Å². The van der Waals surface area contributed by atoms with Gasteiger partial charge in [-0.2, -0.15) is 0 Å². The third kappa shape index (κ3) is 3.61. The first-order chi connectivity index (χ1) is 6.24. The Kier molecular flexibility index (Phi) is 4.68. The minimum atomic E-state index is -0.106. The van der Waals surface area contributed by atoms with Crippen molar-refractivity contribution in [2.75, 3.05) is 19.4 Å². The number of unbranched alkanes of at least 4 members (excludes halogenated alkanes) is 1. The number of nitrogens with one attached hydrogen (secondary N) is 1. The van der Waals surface area contributed by atoms with Crippen LogP contribution in [0, 0.1) is 0 Å². The third-order valence-corrected chi connectivity index (χ3v) is 3.84. The number of hydrogen-bond acceptors (Lipinski definition) is 3. The Bertz CT molecular complexity index is 175. The van der Waals surface area contributed by atoms with Crippen LogP contribution in [0.1, 0.15) is 26.2 Å². The van der Waals surface area contributed by atoms with Gasteiger partial charge in [-0.25, -0.2) is 0 Å². The highest BCUT2D eigenvalue weighted by Gasteiger charge is 2.27. The second kappa shape index (κ2) is 5.56. The lowest BCUT2D eigenvalue weighted by Crippen LogP contribution is -2.30. The fraction of sp³-hybridized carbons (Fsp3) is 0.889. The molecule has 1 saturated heterocycles. The van der Waals surface area contributed by atoms with Crippen LogP contribution in [0.25, 0.3) is 0 Å². The average Bonchev–Trinajstić information content (AvgIpc) is 2.52. The third-order valence-electron chi connectivity index (χ3n) is 2.16. The van der Waals surface area contributed by atoms with Gasteiger partial charge in [0.05, 0.1) is 6.61 Å². The maximum Gasteiger partial charge on any atom is 0.323 e. The number of rotatable bonds is 4. The molecule has 0 saturated carbocycles. The van der Waals surface area contributed by atoms with E-state index in [4.69, 9.17) is 4.74 Å². The summed E-state index contributed by atoms with van der Waals surface area (Å²) in [6.07, 6.45) is 4.14. The molecule has 2 unspecified atom stereocenters. The number of hydrogen-bond donors (Lipinski definition) is 1. The molecule has 1 N–H and O–H groups in total. The molecule has 1 rings (SSSR count). The van der Waals surface area contributed by atoms with E-state index in [1.165, 1.54) is 0 Å². The van der Waals surface area contributed by atoms with E-state index >= 15 is 0 Å². The molecule has 0 aromatic carbocycles. The Labute approximate surface area is 81.0 Å². The molecule has 0 amide bonds. The molecule has 0 spiro atoms. The molecule has 4 heteroatoms. The minimum absolute atomic E-state index is 0.0204. The summed E-state index contributed by atoms with van der Waals surface area (Å²) in [4.78, 5) is 11.4. The Morgan fingerprint density at radius 1 is 1.69 bits per heavy atom. The van der Waals surface area contributed by atoms with E-state index in [2.05, 4.69) is 18.7 Å². The zero-order chi connectivity index (χ0) is 9.68. The number of esters is 1. The molecule has 0 radical (unpaired) electrons. The number of carbonyl (C=O) groups excluding carboxylic acids is 1. The smallest absolute Gasteiger partial charge is 0.323 e. The molecular formula is C9H18NO2P. The number of ether oxygens (including phenoxy) is 1. The van der Waals surface area contributed by atoms with Gasteiger partial charge >= 0.3 is 5.97 Å². The average molecular weight is 203 g/mol. The lowest BCUT2D eigenvalue weighted by molar-refractivity contribution is -0.145. The second-order valence-corrected chi connectivity index (χ2v) is 5.51. The van der Waals surface area contributed by atoms with E-state index < -0.39 is 0 Å². The molecule has 2 atom stereocenters. The second-order valence-electron chi connectivity index (χ2n) is 3.41. The molecule has 13 heavy (non-hydrogen) atoms. The van der Waals surface area contributed by atoms with Gasteiger partial charge in [-0.3, -0.25) is 9.88 Å². The van der Waals surface area contributed by atoms with Crippen molar-refractivity contribution in [1.82, 2.24) is 5.09 Å². The van der Waals surface area contributed by atoms with Crippen LogP contribution in [0.15, 0.2) is 0 Å².